The number of anilines is 1. The number of carboxylic acids is 1. The van der Waals surface area contributed by atoms with E-state index in [9.17, 15) is 18.3 Å². The fraction of sp³-hybridized carbons (Fsp3) is 0.192. The first-order chi connectivity index (χ1) is 16.7. The SMILES string of the molecule is O=C(O)CCc1ccccc1OCC[C@@H](O)/C=C/c1cccc(NS(=O)(=O)c2ccccc2Cl)c1. The molecule has 3 aromatic carbocycles. The number of ether oxygens (including phenoxy) is 1. The third kappa shape index (κ3) is 8.13. The molecule has 0 saturated heterocycles. The van der Waals surface area contributed by atoms with Gasteiger partial charge in [0.1, 0.15) is 10.6 Å². The first-order valence-corrected chi connectivity index (χ1v) is 12.8. The second kappa shape index (κ2) is 12.4. The zero-order valence-electron chi connectivity index (χ0n) is 18.8. The van der Waals surface area contributed by atoms with Crippen LogP contribution in [0.2, 0.25) is 5.02 Å². The Balaban J connectivity index is 1.56. The van der Waals surface area contributed by atoms with Crippen LogP contribution in [0.4, 0.5) is 5.69 Å². The molecule has 3 aromatic rings. The van der Waals surface area contributed by atoms with Crippen LogP contribution in [0.1, 0.15) is 24.0 Å². The van der Waals surface area contributed by atoms with Crippen LogP contribution in [-0.4, -0.2) is 37.3 Å². The minimum absolute atomic E-state index is 0.0115. The molecule has 0 heterocycles. The average molecular weight is 516 g/mol. The maximum Gasteiger partial charge on any atom is 0.303 e. The van der Waals surface area contributed by atoms with Gasteiger partial charge in [-0.3, -0.25) is 9.52 Å². The van der Waals surface area contributed by atoms with E-state index in [1.807, 2.05) is 18.2 Å². The molecule has 0 aliphatic rings. The van der Waals surface area contributed by atoms with Crippen LogP contribution in [0.25, 0.3) is 6.08 Å². The highest BCUT2D eigenvalue weighted by molar-refractivity contribution is 7.92. The van der Waals surface area contributed by atoms with Gasteiger partial charge in [0.25, 0.3) is 10.0 Å². The predicted octanol–water partition coefficient (Wildman–Crippen LogP) is 5.00. The Morgan fingerprint density at radius 2 is 1.80 bits per heavy atom. The maximum absolute atomic E-state index is 12.6. The third-order valence-electron chi connectivity index (χ3n) is 5.03. The topological polar surface area (TPSA) is 113 Å². The summed E-state index contributed by atoms with van der Waals surface area (Å²) in [5, 5.41) is 19.3. The van der Waals surface area contributed by atoms with E-state index in [2.05, 4.69) is 4.72 Å². The van der Waals surface area contributed by atoms with E-state index in [-0.39, 0.29) is 22.9 Å². The number of aliphatic hydroxyl groups excluding tert-OH is 1. The Bertz CT molecular complexity index is 1290. The molecule has 35 heavy (non-hydrogen) atoms. The molecule has 9 heteroatoms. The van der Waals surface area contributed by atoms with E-state index in [4.69, 9.17) is 21.4 Å². The largest absolute Gasteiger partial charge is 0.493 e. The number of hydrogen-bond acceptors (Lipinski definition) is 5. The van der Waals surface area contributed by atoms with Gasteiger partial charge in [-0.2, -0.15) is 0 Å². The minimum atomic E-state index is -3.85. The summed E-state index contributed by atoms with van der Waals surface area (Å²) < 4.78 is 33.5. The molecule has 0 spiro atoms. The van der Waals surface area contributed by atoms with E-state index >= 15 is 0 Å². The summed E-state index contributed by atoms with van der Waals surface area (Å²) in [7, 11) is -3.85. The standard InChI is InChI=1S/C26H26ClNO6S/c27-23-9-2-4-11-25(23)35(32,33)28-21-8-5-6-19(18-21)12-14-22(29)16-17-34-24-10-3-1-7-20(24)13-15-26(30)31/h1-12,14,18,22,28-29H,13,15-17H2,(H,30,31)/b14-12+/t22-/m0/s1. The fourth-order valence-electron chi connectivity index (χ4n) is 3.28. The molecule has 0 radical (unpaired) electrons. The van der Waals surface area contributed by atoms with Gasteiger partial charge in [-0.15, -0.1) is 0 Å². The zero-order chi connectivity index (χ0) is 25.3. The van der Waals surface area contributed by atoms with Crippen LogP contribution in [-0.2, 0) is 21.2 Å². The fourth-order valence-corrected chi connectivity index (χ4v) is 4.85. The number of aliphatic hydroxyl groups is 1. The molecule has 3 rings (SSSR count). The van der Waals surface area contributed by atoms with Crippen molar-refractivity contribution in [3.63, 3.8) is 0 Å². The average Bonchev–Trinajstić information content (AvgIpc) is 2.82. The van der Waals surface area contributed by atoms with Crippen LogP contribution in [0.5, 0.6) is 5.75 Å². The molecule has 3 N–H and O–H groups in total. The minimum Gasteiger partial charge on any atom is -0.493 e. The Kier molecular flexibility index (Phi) is 9.31. The maximum atomic E-state index is 12.6. The molecular formula is C26H26ClNO6S. The lowest BCUT2D eigenvalue weighted by Crippen LogP contribution is -2.13. The number of aryl methyl sites for hydroxylation is 1. The van der Waals surface area contributed by atoms with Crippen molar-refractivity contribution in [3.8, 4) is 5.75 Å². The number of carbonyl (C=O) groups is 1. The van der Waals surface area contributed by atoms with E-state index in [0.29, 0.717) is 29.8 Å². The molecule has 0 unspecified atom stereocenters. The van der Waals surface area contributed by atoms with Gasteiger partial charge in [0, 0.05) is 18.5 Å². The normalized spacial score (nSPS) is 12.4. The lowest BCUT2D eigenvalue weighted by Gasteiger charge is -2.12. The first-order valence-electron chi connectivity index (χ1n) is 10.9. The molecule has 7 nitrogen and oxygen atoms in total. The molecule has 1 atom stereocenters. The molecular weight excluding hydrogens is 490 g/mol. The van der Waals surface area contributed by atoms with Crippen molar-refractivity contribution in [1.82, 2.24) is 0 Å². The van der Waals surface area contributed by atoms with Crippen molar-refractivity contribution in [1.29, 1.82) is 0 Å². The Morgan fingerprint density at radius 1 is 1.06 bits per heavy atom. The summed E-state index contributed by atoms with van der Waals surface area (Å²) in [5.41, 5.74) is 1.86. The van der Waals surface area contributed by atoms with E-state index in [0.717, 1.165) is 5.56 Å². The molecule has 0 saturated carbocycles. The third-order valence-corrected chi connectivity index (χ3v) is 6.91. The van der Waals surface area contributed by atoms with E-state index in [1.165, 1.54) is 12.1 Å². The summed E-state index contributed by atoms with van der Waals surface area (Å²) in [5.74, 6) is -0.274. The molecule has 184 valence electrons. The summed E-state index contributed by atoms with van der Waals surface area (Å²) in [6.45, 7) is 0.243. The molecule has 0 aliphatic carbocycles. The summed E-state index contributed by atoms with van der Waals surface area (Å²) in [4.78, 5) is 10.8. The van der Waals surface area contributed by atoms with Crippen molar-refractivity contribution in [2.24, 2.45) is 0 Å². The molecule has 0 fully saturated rings. The molecule has 0 aliphatic heterocycles. The van der Waals surface area contributed by atoms with Gasteiger partial charge >= 0.3 is 5.97 Å². The number of aliphatic carboxylic acids is 1. The van der Waals surface area contributed by atoms with Gasteiger partial charge in [0.15, 0.2) is 0 Å². The van der Waals surface area contributed by atoms with Gasteiger partial charge in [-0.05, 0) is 47.9 Å². The van der Waals surface area contributed by atoms with Crippen molar-refractivity contribution >= 4 is 39.4 Å². The highest BCUT2D eigenvalue weighted by atomic mass is 35.5. The van der Waals surface area contributed by atoms with Crippen molar-refractivity contribution < 1.29 is 28.2 Å². The molecule has 0 bridgehead atoms. The number of rotatable bonds is 12. The number of halogens is 1. The monoisotopic (exact) mass is 515 g/mol. The van der Waals surface area contributed by atoms with Crippen LogP contribution in [0, 0.1) is 0 Å². The highest BCUT2D eigenvalue weighted by Crippen LogP contribution is 2.24. The molecule has 0 amide bonds. The lowest BCUT2D eigenvalue weighted by atomic mass is 10.1. The Hall–Kier alpha value is -3.33. The molecule has 0 aromatic heterocycles. The number of nitrogens with one attached hydrogen (secondary N) is 1. The summed E-state index contributed by atoms with van der Waals surface area (Å²) in [6.07, 6.45) is 3.21. The first kappa shape index (κ1) is 26.3. The highest BCUT2D eigenvalue weighted by Gasteiger charge is 2.17. The number of benzene rings is 3. The van der Waals surface area contributed by atoms with E-state index < -0.39 is 22.1 Å². The smallest absolute Gasteiger partial charge is 0.303 e. The van der Waals surface area contributed by atoms with Gasteiger partial charge in [-0.25, -0.2) is 8.42 Å². The van der Waals surface area contributed by atoms with Crippen LogP contribution in [0.3, 0.4) is 0 Å². The van der Waals surface area contributed by atoms with Gasteiger partial charge in [-0.1, -0.05) is 66.2 Å². The number of hydrogen-bond donors (Lipinski definition) is 3. The van der Waals surface area contributed by atoms with E-state index in [1.54, 1.807) is 54.6 Å². The number of sulfonamides is 1. The second-order valence-corrected chi connectivity index (χ2v) is 9.78. The zero-order valence-corrected chi connectivity index (χ0v) is 20.4. The Morgan fingerprint density at radius 3 is 2.57 bits per heavy atom. The quantitative estimate of drug-likeness (QED) is 0.313. The van der Waals surface area contributed by atoms with Crippen molar-refractivity contribution in [2.45, 2.75) is 30.3 Å². The number of carboxylic acid groups (broad SMARTS) is 1. The van der Waals surface area contributed by atoms with Gasteiger partial charge in [0.2, 0.25) is 0 Å². The van der Waals surface area contributed by atoms with Crippen molar-refractivity contribution in [2.75, 3.05) is 11.3 Å². The van der Waals surface area contributed by atoms with Crippen molar-refractivity contribution in [3.05, 3.63) is 95.0 Å². The van der Waals surface area contributed by atoms with Crippen LogP contribution >= 0.6 is 11.6 Å². The Labute approximate surface area is 209 Å². The van der Waals surface area contributed by atoms with Crippen LogP contribution < -0.4 is 9.46 Å². The predicted molar refractivity (Wildman–Crippen MR) is 136 cm³/mol. The second-order valence-electron chi connectivity index (χ2n) is 7.73. The number of para-hydroxylation sites is 1. The van der Waals surface area contributed by atoms with Crippen LogP contribution in [0.15, 0.2) is 83.8 Å². The van der Waals surface area contributed by atoms with Gasteiger partial charge in [0.05, 0.1) is 17.7 Å². The summed E-state index contributed by atoms with van der Waals surface area (Å²) in [6, 6.07) is 20.2. The van der Waals surface area contributed by atoms with Gasteiger partial charge < -0.3 is 14.9 Å². The summed E-state index contributed by atoms with van der Waals surface area (Å²) >= 11 is 6.02. The lowest BCUT2D eigenvalue weighted by molar-refractivity contribution is -0.136.